The van der Waals surface area contributed by atoms with E-state index in [4.69, 9.17) is 16.9 Å². The summed E-state index contributed by atoms with van der Waals surface area (Å²) in [6.07, 6.45) is 4.90. The van der Waals surface area contributed by atoms with E-state index in [0.717, 1.165) is 10.4 Å². The fourth-order valence-electron chi connectivity index (χ4n) is 1.21. The molecule has 2 aromatic rings. The Balaban J connectivity index is 2.52. The largest absolute Gasteiger partial charge is 0.265 e. The molecule has 0 fully saturated rings. The number of hydrogen-bond acceptors (Lipinski definition) is 4. The Kier molecular flexibility index (Phi) is 3.30. The van der Waals surface area contributed by atoms with Gasteiger partial charge in [0.15, 0.2) is 0 Å². The van der Waals surface area contributed by atoms with Gasteiger partial charge in [-0.25, -0.2) is 0 Å². The van der Waals surface area contributed by atoms with Gasteiger partial charge in [-0.2, -0.15) is 5.26 Å². The summed E-state index contributed by atoms with van der Waals surface area (Å²) in [7, 11) is 0. The van der Waals surface area contributed by atoms with E-state index in [2.05, 4.69) is 16.0 Å². The first-order valence-corrected chi connectivity index (χ1v) is 5.68. The SMILES string of the molecule is N#C/C(=C(/Cl)c1cncs1)c1ccncc1. The third kappa shape index (κ3) is 2.11. The van der Waals surface area contributed by atoms with Crippen molar-refractivity contribution in [1.82, 2.24) is 9.97 Å². The van der Waals surface area contributed by atoms with Crippen LogP contribution in [0.25, 0.3) is 10.6 Å². The molecule has 0 radical (unpaired) electrons. The van der Waals surface area contributed by atoms with Gasteiger partial charge >= 0.3 is 0 Å². The molecule has 2 aromatic heterocycles. The second-order valence-electron chi connectivity index (χ2n) is 2.90. The number of nitrogens with zero attached hydrogens (tertiary/aromatic N) is 3. The van der Waals surface area contributed by atoms with E-state index >= 15 is 0 Å². The van der Waals surface area contributed by atoms with Crippen molar-refractivity contribution < 1.29 is 0 Å². The second-order valence-corrected chi connectivity index (χ2v) is 4.17. The normalized spacial score (nSPS) is 11.8. The zero-order valence-corrected chi connectivity index (χ0v) is 9.66. The number of hydrogen-bond donors (Lipinski definition) is 0. The van der Waals surface area contributed by atoms with E-state index in [1.165, 1.54) is 11.3 Å². The number of halogens is 1. The highest BCUT2D eigenvalue weighted by Crippen LogP contribution is 2.30. The van der Waals surface area contributed by atoms with Gasteiger partial charge in [0.05, 0.1) is 21.0 Å². The molecule has 0 spiro atoms. The van der Waals surface area contributed by atoms with Crippen LogP contribution in [0.3, 0.4) is 0 Å². The quantitative estimate of drug-likeness (QED) is 0.766. The molecule has 0 atom stereocenters. The third-order valence-corrected chi connectivity index (χ3v) is 3.24. The number of rotatable bonds is 2. The van der Waals surface area contributed by atoms with Gasteiger partial charge in [0.25, 0.3) is 0 Å². The van der Waals surface area contributed by atoms with Crippen molar-refractivity contribution in [2.75, 3.05) is 0 Å². The summed E-state index contributed by atoms with van der Waals surface area (Å²) in [6, 6.07) is 5.61. The number of pyridine rings is 1. The zero-order valence-electron chi connectivity index (χ0n) is 8.09. The lowest BCUT2D eigenvalue weighted by atomic mass is 10.1. The Morgan fingerprint density at radius 2 is 2.06 bits per heavy atom. The molecule has 0 amide bonds. The molecule has 2 rings (SSSR count). The monoisotopic (exact) mass is 247 g/mol. The maximum absolute atomic E-state index is 9.12. The summed E-state index contributed by atoms with van der Waals surface area (Å²) >= 11 is 7.56. The fraction of sp³-hybridized carbons (Fsp3) is 0. The molecule has 0 aliphatic carbocycles. The van der Waals surface area contributed by atoms with Crippen LogP contribution in [-0.4, -0.2) is 9.97 Å². The van der Waals surface area contributed by atoms with Crippen LogP contribution in [-0.2, 0) is 0 Å². The van der Waals surface area contributed by atoms with Gasteiger partial charge in [0, 0.05) is 18.6 Å². The van der Waals surface area contributed by atoms with Gasteiger partial charge in [0.2, 0.25) is 0 Å². The molecule has 0 saturated carbocycles. The number of thiazole rings is 1. The van der Waals surface area contributed by atoms with Crippen molar-refractivity contribution in [1.29, 1.82) is 5.26 Å². The molecule has 78 valence electrons. The molecule has 16 heavy (non-hydrogen) atoms. The van der Waals surface area contributed by atoms with Crippen LogP contribution >= 0.6 is 22.9 Å². The molecule has 3 nitrogen and oxygen atoms in total. The van der Waals surface area contributed by atoms with Crippen molar-refractivity contribution in [3.05, 3.63) is 46.7 Å². The van der Waals surface area contributed by atoms with E-state index in [1.807, 2.05) is 0 Å². The van der Waals surface area contributed by atoms with Crippen molar-refractivity contribution in [3.63, 3.8) is 0 Å². The molecule has 0 aliphatic rings. The fourth-order valence-corrected chi connectivity index (χ4v) is 2.10. The molecule has 0 saturated heterocycles. The lowest BCUT2D eigenvalue weighted by molar-refractivity contribution is 1.32. The van der Waals surface area contributed by atoms with Crippen molar-refractivity contribution in [2.45, 2.75) is 0 Å². The van der Waals surface area contributed by atoms with E-state index in [0.29, 0.717) is 10.6 Å². The summed E-state index contributed by atoms with van der Waals surface area (Å²) in [6.45, 7) is 0. The summed E-state index contributed by atoms with van der Waals surface area (Å²) in [5.74, 6) is 0. The van der Waals surface area contributed by atoms with Crippen LogP contribution in [0, 0.1) is 11.3 Å². The first kappa shape index (κ1) is 10.8. The lowest BCUT2D eigenvalue weighted by Gasteiger charge is -2.00. The van der Waals surface area contributed by atoms with E-state index in [-0.39, 0.29) is 0 Å². The van der Waals surface area contributed by atoms with Crippen LogP contribution in [0.5, 0.6) is 0 Å². The van der Waals surface area contributed by atoms with Crippen LogP contribution < -0.4 is 0 Å². The van der Waals surface area contributed by atoms with Crippen molar-refractivity contribution in [3.8, 4) is 6.07 Å². The predicted octanol–water partition coefficient (Wildman–Crippen LogP) is 3.17. The standard InChI is InChI=1S/C11H6ClN3S/c12-11(10-6-15-7-16-10)9(5-13)8-1-3-14-4-2-8/h1-4,6-7H/b11-9-. The second kappa shape index (κ2) is 4.88. The first-order valence-electron chi connectivity index (χ1n) is 4.42. The predicted molar refractivity (Wildman–Crippen MR) is 64.6 cm³/mol. The Bertz CT molecular complexity index is 540. The molecule has 2 heterocycles. The Hall–Kier alpha value is -1.70. The van der Waals surface area contributed by atoms with Crippen LogP contribution in [0.15, 0.2) is 36.2 Å². The molecule has 0 aromatic carbocycles. The Morgan fingerprint density at radius 1 is 1.31 bits per heavy atom. The molecular formula is C11H6ClN3S. The minimum atomic E-state index is 0.427. The van der Waals surface area contributed by atoms with E-state index in [9.17, 15) is 0 Å². The maximum atomic E-state index is 9.12. The number of aromatic nitrogens is 2. The van der Waals surface area contributed by atoms with Gasteiger partial charge in [-0.15, -0.1) is 11.3 Å². The smallest absolute Gasteiger partial charge is 0.101 e. The van der Waals surface area contributed by atoms with Gasteiger partial charge in [-0.05, 0) is 17.7 Å². The molecular weight excluding hydrogens is 242 g/mol. The third-order valence-electron chi connectivity index (χ3n) is 1.95. The average molecular weight is 248 g/mol. The lowest BCUT2D eigenvalue weighted by Crippen LogP contribution is -1.84. The zero-order chi connectivity index (χ0) is 11.4. The van der Waals surface area contributed by atoms with E-state index in [1.54, 1.807) is 36.2 Å². The Labute approximate surface area is 102 Å². The van der Waals surface area contributed by atoms with Gasteiger partial charge < -0.3 is 0 Å². The summed E-state index contributed by atoms with van der Waals surface area (Å²) in [5.41, 5.74) is 2.88. The number of allylic oxidation sites excluding steroid dienone is 1. The van der Waals surface area contributed by atoms with Gasteiger partial charge in [0.1, 0.15) is 6.07 Å². The van der Waals surface area contributed by atoms with Crippen molar-refractivity contribution in [2.24, 2.45) is 0 Å². The Morgan fingerprint density at radius 3 is 2.62 bits per heavy atom. The van der Waals surface area contributed by atoms with E-state index < -0.39 is 0 Å². The summed E-state index contributed by atoms with van der Waals surface area (Å²) < 4.78 is 0. The van der Waals surface area contributed by atoms with Crippen molar-refractivity contribution >= 4 is 33.5 Å². The summed E-state index contributed by atoms with van der Waals surface area (Å²) in [5, 5.41) is 9.55. The van der Waals surface area contributed by atoms with Crippen LogP contribution in [0.4, 0.5) is 0 Å². The molecule has 0 unspecified atom stereocenters. The molecule has 5 heteroatoms. The summed E-state index contributed by atoms with van der Waals surface area (Å²) in [4.78, 5) is 8.62. The van der Waals surface area contributed by atoms with Gasteiger partial charge in [-0.1, -0.05) is 11.6 Å². The highest BCUT2D eigenvalue weighted by molar-refractivity contribution is 7.11. The topological polar surface area (TPSA) is 49.6 Å². The highest BCUT2D eigenvalue weighted by atomic mass is 35.5. The first-order chi connectivity index (χ1) is 7.83. The molecule has 0 N–H and O–H groups in total. The molecule has 0 aliphatic heterocycles. The van der Waals surface area contributed by atoms with Crippen LogP contribution in [0.1, 0.15) is 10.4 Å². The van der Waals surface area contributed by atoms with Crippen LogP contribution in [0.2, 0.25) is 0 Å². The minimum absolute atomic E-state index is 0.427. The maximum Gasteiger partial charge on any atom is 0.101 e. The average Bonchev–Trinajstić information content (AvgIpc) is 2.85. The number of nitriles is 1. The van der Waals surface area contributed by atoms with Gasteiger partial charge in [-0.3, -0.25) is 9.97 Å². The minimum Gasteiger partial charge on any atom is -0.265 e. The highest BCUT2D eigenvalue weighted by Gasteiger charge is 2.10. The molecule has 0 bridgehead atoms.